The summed E-state index contributed by atoms with van der Waals surface area (Å²) in [5, 5.41) is 12.4. The highest BCUT2D eigenvalue weighted by atomic mass is 16.4. The Morgan fingerprint density at radius 3 is 2.60 bits per heavy atom. The molecule has 0 aromatic carbocycles. The smallest absolute Gasteiger partial charge is 0.323 e. The second-order valence-electron chi connectivity index (χ2n) is 4.69. The molecule has 4 N–H and O–H groups in total. The molecule has 15 heavy (non-hydrogen) atoms. The summed E-state index contributed by atoms with van der Waals surface area (Å²) in [6.45, 7) is 3.62. The first-order valence-electron chi connectivity index (χ1n) is 5.76. The highest BCUT2D eigenvalue weighted by molar-refractivity contribution is 5.78. The molecule has 1 aliphatic rings. The van der Waals surface area contributed by atoms with Gasteiger partial charge in [0.2, 0.25) is 0 Å². The molecule has 3 atom stereocenters. The molecular weight excluding hydrogens is 192 g/mol. The average Bonchev–Trinajstić information content (AvgIpc) is 2.21. The Kier molecular flexibility index (Phi) is 4.11. The summed E-state index contributed by atoms with van der Waals surface area (Å²) < 4.78 is 0. The highest BCUT2D eigenvalue weighted by Crippen LogP contribution is 2.20. The molecule has 4 heteroatoms. The van der Waals surface area contributed by atoms with Crippen LogP contribution in [-0.2, 0) is 4.79 Å². The molecule has 0 heterocycles. The van der Waals surface area contributed by atoms with Crippen LogP contribution in [-0.4, -0.2) is 28.7 Å². The minimum Gasteiger partial charge on any atom is -0.480 e. The maximum atomic E-state index is 11.1. The van der Waals surface area contributed by atoms with Crippen LogP contribution in [0, 0.1) is 0 Å². The largest absolute Gasteiger partial charge is 0.480 e. The van der Waals surface area contributed by atoms with Crippen molar-refractivity contribution in [1.29, 1.82) is 0 Å². The first kappa shape index (κ1) is 12.5. The van der Waals surface area contributed by atoms with Crippen molar-refractivity contribution in [2.45, 2.75) is 63.6 Å². The fraction of sp³-hybridized carbons (Fsp3) is 0.909. The standard InChI is InChI=1S/C11H22N2O2/c1-3-11(2,10(14)15)13-9-7-5-4-6-8(9)12/h8-9,13H,3-7,12H2,1-2H3,(H,14,15). The number of rotatable bonds is 4. The predicted octanol–water partition coefficient (Wildman–Crippen LogP) is 1.10. The third-order valence-electron chi connectivity index (χ3n) is 3.50. The molecule has 0 bridgehead atoms. The fourth-order valence-electron chi connectivity index (χ4n) is 2.06. The normalized spacial score (nSPS) is 30.9. The van der Waals surface area contributed by atoms with Crippen LogP contribution in [0.2, 0.25) is 0 Å². The Labute approximate surface area is 91.2 Å². The van der Waals surface area contributed by atoms with Crippen LogP contribution in [0.15, 0.2) is 0 Å². The summed E-state index contributed by atoms with van der Waals surface area (Å²) in [6, 6.07) is 0.253. The molecule has 0 amide bonds. The van der Waals surface area contributed by atoms with E-state index >= 15 is 0 Å². The van der Waals surface area contributed by atoms with Gasteiger partial charge < -0.3 is 10.8 Å². The summed E-state index contributed by atoms with van der Waals surface area (Å²) >= 11 is 0. The van der Waals surface area contributed by atoms with Crippen LogP contribution in [0.25, 0.3) is 0 Å². The zero-order valence-electron chi connectivity index (χ0n) is 9.62. The van der Waals surface area contributed by atoms with Crippen molar-refractivity contribution in [3.63, 3.8) is 0 Å². The molecule has 0 aromatic heterocycles. The van der Waals surface area contributed by atoms with E-state index in [2.05, 4.69) is 5.32 Å². The van der Waals surface area contributed by atoms with Crippen LogP contribution >= 0.6 is 0 Å². The van der Waals surface area contributed by atoms with E-state index in [4.69, 9.17) is 10.8 Å². The Hall–Kier alpha value is -0.610. The van der Waals surface area contributed by atoms with Crippen LogP contribution in [0.4, 0.5) is 0 Å². The quantitative estimate of drug-likeness (QED) is 0.655. The Bertz CT molecular complexity index is 233. The van der Waals surface area contributed by atoms with E-state index in [0.29, 0.717) is 6.42 Å². The summed E-state index contributed by atoms with van der Waals surface area (Å²) in [4.78, 5) is 11.1. The number of carboxylic acids is 1. The second-order valence-corrected chi connectivity index (χ2v) is 4.69. The van der Waals surface area contributed by atoms with Crippen LogP contribution in [0.3, 0.4) is 0 Å². The third kappa shape index (κ3) is 2.92. The highest BCUT2D eigenvalue weighted by Gasteiger charge is 2.35. The molecule has 0 spiro atoms. The molecule has 4 nitrogen and oxygen atoms in total. The number of nitrogens with one attached hydrogen (secondary N) is 1. The van der Waals surface area contributed by atoms with Gasteiger partial charge in [-0.25, -0.2) is 0 Å². The van der Waals surface area contributed by atoms with E-state index < -0.39 is 11.5 Å². The minimum absolute atomic E-state index is 0.101. The summed E-state index contributed by atoms with van der Waals surface area (Å²) in [5.41, 5.74) is 5.15. The van der Waals surface area contributed by atoms with Crippen molar-refractivity contribution in [3.05, 3.63) is 0 Å². The molecule has 1 fully saturated rings. The summed E-state index contributed by atoms with van der Waals surface area (Å²) in [7, 11) is 0. The van der Waals surface area contributed by atoms with Crippen molar-refractivity contribution in [3.8, 4) is 0 Å². The number of nitrogens with two attached hydrogens (primary N) is 1. The summed E-state index contributed by atoms with van der Waals surface area (Å²) in [6.07, 6.45) is 4.87. The lowest BCUT2D eigenvalue weighted by molar-refractivity contribution is -0.144. The first-order chi connectivity index (χ1) is 6.99. The fourth-order valence-corrected chi connectivity index (χ4v) is 2.06. The molecule has 0 radical (unpaired) electrons. The SMILES string of the molecule is CCC(C)(NC1CCCCC1N)C(=O)O. The van der Waals surface area contributed by atoms with Gasteiger partial charge in [0.25, 0.3) is 0 Å². The van der Waals surface area contributed by atoms with Gasteiger partial charge in [-0.3, -0.25) is 10.1 Å². The maximum absolute atomic E-state index is 11.1. The third-order valence-corrected chi connectivity index (χ3v) is 3.50. The Morgan fingerprint density at radius 1 is 1.53 bits per heavy atom. The van der Waals surface area contributed by atoms with Gasteiger partial charge in [-0.15, -0.1) is 0 Å². The van der Waals surface area contributed by atoms with Gasteiger partial charge in [-0.2, -0.15) is 0 Å². The van der Waals surface area contributed by atoms with Crippen molar-refractivity contribution in [2.24, 2.45) is 5.73 Å². The van der Waals surface area contributed by atoms with E-state index in [9.17, 15) is 4.79 Å². The van der Waals surface area contributed by atoms with Crippen molar-refractivity contribution in [2.75, 3.05) is 0 Å². The molecule has 1 saturated carbocycles. The maximum Gasteiger partial charge on any atom is 0.323 e. The van der Waals surface area contributed by atoms with Gasteiger partial charge in [0.05, 0.1) is 0 Å². The minimum atomic E-state index is -0.834. The lowest BCUT2D eigenvalue weighted by atomic mass is 9.87. The molecule has 3 unspecified atom stereocenters. The van der Waals surface area contributed by atoms with Gasteiger partial charge in [-0.05, 0) is 26.2 Å². The van der Waals surface area contributed by atoms with Gasteiger partial charge in [0.1, 0.15) is 5.54 Å². The second kappa shape index (κ2) is 4.94. The number of carboxylic acid groups (broad SMARTS) is 1. The van der Waals surface area contributed by atoms with Crippen LogP contribution in [0.1, 0.15) is 46.0 Å². The molecule has 1 rings (SSSR count). The molecule has 1 aliphatic carbocycles. The number of hydrogen-bond acceptors (Lipinski definition) is 3. The summed E-state index contributed by atoms with van der Waals surface area (Å²) in [5.74, 6) is -0.789. The molecule has 0 aliphatic heterocycles. The molecular formula is C11H22N2O2. The number of hydrogen-bond donors (Lipinski definition) is 3. The lowest BCUT2D eigenvalue weighted by Crippen LogP contribution is -2.59. The topological polar surface area (TPSA) is 75.3 Å². The van der Waals surface area contributed by atoms with Gasteiger partial charge >= 0.3 is 5.97 Å². The Morgan fingerprint density at radius 2 is 2.13 bits per heavy atom. The molecule has 0 saturated heterocycles. The van der Waals surface area contributed by atoms with Gasteiger partial charge in [0, 0.05) is 12.1 Å². The predicted molar refractivity (Wildman–Crippen MR) is 59.7 cm³/mol. The Balaban J connectivity index is 2.61. The lowest BCUT2D eigenvalue weighted by Gasteiger charge is -2.36. The van der Waals surface area contributed by atoms with Gasteiger partial charge in [0.15, 0.2) is 0 Å². The average molecular weight is 214 g/mol. The monoisotopic (exact) mass is 214 g/mol. The van der Waals surface area contributed by atoms with E-state index in [1.54, 1.807) is 6.92 Å². The molecule has 88 valence electrons. The zero-order chi connectivity index (χ0) is 11.5. The van der Waals surface area contributed by atoms with Crippen LogP contribution < -0.4 is 11.1 Å². The van der Waals surface area contributed by atoms with Crippen molar-refractivity contribution >= 4 is 5.97 Å². The first-order valence-corrected chi connectivity index (χ1v) is 5.76. The van der Waals surface area contributed by atoms with E-state index in [0.717, 1.165) is 25.7 Å². The van der Waals surface area contributed by atoms with E-state index in [1.807, 2.05) is 6.92 Å². The van der Waals surface area contributed by atoms with E-state index in [1.165, 1.54) is 0 Å². The number of carbonyl (C=O) groups is 1. The zero-order valence-corrected chi connectivity index (χ0v) is 9.62. The van der Waals surface area contributed by atoms with Gasteiger partial charge in [-0.1, -0.05) is 19.8 Å². The van der Waals surface area contributed by atoms with E-state index in [-0.39, 0.29) is 12.1 Å². The van der Waals surface area contributed by atoms with Crippen molar-refractivity contribution in [1.82, 2.24) is 5.32 Å². The molecule has 0 aromatic rings. The number of aliphatic carboxylic acids is 1. The van der Waals surface area contributed by atoms with Crippen LogP contribution in [0.5, 0.6) is 0 Å². The van der Waals surface area contributed by atoms with Crippen molar-refractivity contribution < 1.29 is 9.90 Å².